The number of carboxylic acid groups (broad SMARTS) is 2. The molecule has 2 rings (SSSR count). The van der Waals surface area contributed by atoms with Crippen LogP contribution in [0.3, 0.4) is 0 Å². The first-order chi connectivity index (χ1) is 24.9. The fourth-order valence-electron chi connectivity index (χ4n) is 5.71. The number of rotatable bonds is 25. The van der Waals surface area contributed by atoms with Crippen molar-refractivity contribution in [2.24, 2.45) is 11.8 Å². The van der Waals surface area contributed by atoms with E-state index < -0.39 is 24.0 Å². The smallest absolute Gasteiger partial charge is 0.335 e. The molecule has 2 aromatic rings. The number of aromatic carboxylic acids is 2. The summed E-state index contributed by atoms with van der Waals surface area (Å²) < 4.78 is 0. The average molecular weight is 723 g/mol. The highest BCUT2D eigenvalue weighted by atomic mass is 16.4. The third kappa shape index (κ3) is 16.1. The van der Waals surface area contributed by atoms with Crippen LogP contribution >= 0.6 is 0 Å². The quantitative estimate of drug-likeness (QED) is 0.0746. The minimum Gasteiger partial charge on any atom is -0.478 e. The first-order valence-electron chi connectivity index (χ1n) is 18.6. The Morgan fingerprint density at radius 1 is 0.519 bits per heavy atom. The fraction of sp³-hybridized carbons (Fsp3) is 0.550. The molecule has 12 heteroatoms. The van der Waals surface area contributed by atoms with Crippen molar-refractivity contribution >= 4 is 35.6 Å². The third-order valence-corrected chi connectivity index (χ3v) is 9.46. The van der Waals surface area contributed by atoms with E-state index in [1.807, 2.05) is 27.7 Å². The molecular formula is C40H58N4O8. The second kappa shape index (κ2) is 23.7. The van der Waals surface area contributed by atoms with Gasteiger partial charge in [0.25, 0.3) is 0 Å². The number of hydrogen-bond acceptors (Lipinski definition) is 6. The van der Waals surface area contributed by atoms with E-state index >= 15 is 0 Å². The van der Waals surface area contributed by atoms with Crippen LogP contribution in [0.1, 0.15) is 124 Å². The van der Waals surface area contributed by atoms with E-state index in [2.05, 4.69) is 21.3 Å². The van der Waals surface area contributed by atoms with E-state index in [0.717, 1.165) is 64.2 Å². The number of carboxylic acids is 2. The van der Waals surface area contributed by atoms with Gasteiger partial charge in [-0.1, -0.05) is 103 Å². The summed E-state index contributed by atoms with van der Waals surface area (Å²) >= 11 is 0. The van der Waals surface area contributed by atoms with E-state index in [-0.39, 0.29) is 59.4 Å². The largest absolute Gasteiger partial charge is 0.478 e. The molecule has 0 spiro atoms. The van der Waals surface area contributed by atoms with E-state index in [1.54, 1.807) is 24.3 Å². The van der Waals surface area contributed by atoms with Gasteiger partial charge in [-0.15, -0.1) is 0 Å². The summed E-state index contributed by atoms with van der Waals surface area (Å²) in [6.07, 6.45) is 9.51. The van der Waals surface area contributed by atoms with Gasteiger partial charge in [0.15, 0.2) is 0 Å². The van der Waals surface area contributed by atoms with Gasteiger partial charge in [-0.25, -0.2) is 9.59 Å². The van der Waals surface area contributed by atoms with E-state index in [1.165, 1.54) is 24.3 Å². The van der Waals surface area contributed by atoms with Crippen LogP contribution in [0.4, 0.5) is 0 Å². The van der Waals surface area contributed by atoms with Crippen LogP contribution in [-0.4, -0.2) is 71.0 Å². The van der Waals surface area contributed by atoms with Gasteiger partial charge in [0.1, 0.15) is 12.1 Å². The van der Waals surface area contributed by atoms with Gasteiger partial charge in [0.05, 0.1) is 24.0 Å². The summed E-state index contributed by atoms with van der Waals surface area (Å²) in [4.78, 5) is 73.3. The highest BCUT2D eigenvalue weighted by Crippen LogP contribution is 2.13. The molecule has 2 unspecified atom stereocenters. The number of hydrogen-bond donors (Lipinski definition) is 6. The monoisotopic (exact) mass is 722 g/mol. The first kappa shape index (κ1) is 43.4. The van der Waals surface area contributed by atoms with E-state index in [0.29, 0.717) is 24.2 Å². The second-order valence-corrected chi connectivity index (χ2v) is 13.6. The Balaban J connectivity index is 1.59. The van der Waals surface area contributed by atoms with E-state index in [4.69, 9.17) is 10.2 Å². The summed E-state index contributed by atoms with van der Waals surface area (Å²) in [5, 5.41) is 29.8. The first-order valence-corrected chi connectivity index (χ1v) is 18.6. The molecule has 0 saturated carbocycles. The predicted octanol–water partition coefficient (Wildman–Crippen LogP) is 5.28. The maximum absolute atomic E-state index is 12.9. The van der Waals surface area contributed by atoms with Crippen molar-refractivity contribution in [3.8, 4) is 0 Å². The zero-order valence-electron chi connectivity index (χ0n) is 31.2. The zero-order chi connectivity index (χ0) is 38.5. The Hall–Kier alpha value is -4.74. The van der Waals surface area contributed by atoms with Crippen LogP contribution in [-0.2, 0) is 32.0 Å². The number of unbranched alkanes of at least 4 members (excludes halogenated alkanes) is 7. The molecule has 2 aromatic carbocycles. The maximum atomic E-state index is 12.9. The number of carbonyl (C=O) groups is 6. The summed E-state index contributed by atoms with van der Waals surface area (Å²) in [5.41, 5.74) is 1.65. The zero-order valence-corrected chi connectivity index (χ0v) is 31.2. The standard InChI is InChI=1S/C40H58N4O8/c1-5-27(3)35(43-33(45)25-29-15-19-31(20-16-29)39(49)50)37(47)41-23-13-11-9-7-8-10-12-14-24-42-38(48)36(28(4)6-2)44-34(46)26-30-17-21-32(22-18-30)40(51)52/h15-22,27-28,35-36H,5-14,23-26H2,1-4H3,(H,41,47)(H,42,48)(H,43,45)(H,44,46)(H,49,50)(H,51,52)/t27?,28?,35-,36-/m0/s1. The summed E-state index contributed by atoms with van der Waals surface area (Å²) in [6.45, 7) is 8.88. The van der Waals surface area contributed by atoms with Crippen LogP contribution in [0.2, 0.25) is 0 Å². The van der Waals surface area contributed by atoms with Crippen LogP contribution in [0.5, 0.6) is 0 Å². The highest BCUT2D eigenvalue weighted by Gasteiger charge is 2.27. The molecule has 6 N–H and O–H groups in total. The fourth-order valence-corrected chi connectivity index (χ4v) is 5.71. The van der Waals surface area contributed by atoms with Crippen LogP contribution in [0, 0.1) is 11.8 Å². The van der Waals surface area contributed by atoms with Gasteiger partial charge in [0, 0.05) is 13.1 Å². The molecule has 0 aliphatic carbocycles. The summed E-state index contributed by atoms with van der Waals surface area (Å²) in [6, 6.07) is 11.0. The van der Waals surface area contributed by atoms with Crippen molar-refractivity contribution in [1.82, 2.24) is 21.3 Å². The van der Waals surface area contributed by atoms with Crippen molar-refractivity contribution in [2.75, 3.05) is 13.1 Å². The van der Waals surface area contributed by atoms with Gasteiger partial charge >= 0.3 is 11.9 Å². The van der Waals surface area contributed by atoms with Crippen LogP contribution in [0.15, 0.2) is 48.5 Å². The summed E-state index contributed by atoms with van der Waals surface area (Å²) in [7, 11) is 0. The molecule has 0 bridgehead atoms. The van der Waals surface area contributed by atoms with Gasteiger partial charge in [-0.3, -0.25) is 19.2 Å². The van der Waals surface area contributed by atoms with Crippen molar-refractivity contribution in [2.45, 2.75) is 117 Å². The van der Waals surface area contributed by atoms with Gasteiger partial charge in [-0.05, 0) is 60.1 Å². The Kier molecular flexibility index (Phi) is 19.8. The molecule has 4 atom stereocenters. The molecule has 4 amide bonds. The molecule has 0 fully saturated rings. The second-order valence-electron chi connectivity index (χ2n) is 13.6. The highest BCUT2D eigenvalue weighted by molar-refractivity contribution is 5.90. The molecule has 12 nitrogen and oxygen atoms in total. The topological polar surface area (TPSA) is 191 Å². The lowest BCUT2D eigenvalue weighted by Crippen LogP contribution is -2.50. The van der Waals surface area contributed by atoms with Crippen LogP contribution in [0.25, 0.3) is 0 Å². The van der Waals surface area contributed by atoms with Gasteiger partial charge in [0.2, 0.25) is 23.6 Å². The summed E-state index contributed by atoms with van der Waals surface area (Å²) in [5.74, 6) is -3.11. The molecule has 0 aromatic heterocycles. The Morgan fingerprint density at radius 3 is 1.12 bits per heavy atom. The number of carbonyl (C=O) groups excluding carboxylic acids is 4. The minimum absolute atomic E-state index is 0.0441. The van der Waals surface area contributed by atoms with Crippen molar-refractivity contribution in [3.05, 3.63) is 70.8 Å². The van der Waals surface area contributed by atoms with Crippen molar-refractivity contribution < 1.29 is 39.0 Å². The maximum Gasteiger partial charge on any atom is 0.335 e. The number of benzene rings is 2. The molecular weight excluding hydrogens is 664 g/mol. The van der Waals surface area contributed by atoms with Crippen LogP contribution < -0.4 is 21.3 Å². The third-order valence-electron chi connectivity index (χ3n) is 9.46. The Morgan fingerprint density at radius 2 is 0.827 bits per heavy atom. The molecule has 52 heavy (non-hydrogen) atoms. The normalized spacial score (nSPS) is 13.2. The SMILES string of the molecule is CCC(C)[C@H](NC(=O)Cc1ccc(C(=O)O)cc1)C(=O)NCCCCCCCCCCNC(=O)[C@@H](NC(=O)Cc1ccc(C(=O)O)cc1)C(C)CC. The Labute approximate surface area is 307 Å². The molecule has 286 valence electrons. The predicted molar refractivity (Wildman–Crippen MR) is 200 cm³/mol. The average Bonchev–Trinajstić information content (AvgIpc) is 3.12. The van der Waals surface area contributed by atoms with Crippen molar-refractivity contribution in [3.63, 3.8) is 0 Å². The Bertz CT molecular complexity index is 1330. The lowest BCUT2D eigenvalue weighted by Gasteiger charge is -2.23. The van der Waals surface area contributed by atoms with Crippen molar-refractivity contribution in [1.29, 1.82) is 0 Å². The molecule has 0 aliphatic rings. The number of nitrogens with one attached hydrogen (secondary N) is 4. The molecule has 0 heterocycles. The molecule has 0 saturated heterocycles. The minimum atomic E-state index is -1.03. The lowest BCUT2D eigenvalue weighted by atomic mass is 9.97. The van der Waals surface area contributed by atoms with E-state index in [9.17, 15) is 28.8 Å². The molecule has 0 radical (unpaired) electrons. The van der Waals surface area contributed by atoms with Gasteiger partial charge in [-0.2, -0.15) is 0 Å². The lowest BCUT2D eigenvalue weighted by molar-refractivity contribution is -0.130. The van der Waals surface area contributed by atoms with Gasteiger partial charge < -0.3 is 31.5 Å². The molecule has 0 aliphatic heterocycles. The number of amides is 4.